The average molecular weight is 401 g/mol. The smallest absolute Gasteiger partial charge is 0.263 e. The molecule has 1 amide bonds. The van der Waals surface area contributed by atoms with Crippen LogP contribution in [0, 0.1) is 0 Å². The number of rotatable bonds is 7. The Balaban J connectivity index is 1.59. The average Bonchev–Trinajstić information content (AvgIpc) is 3.13. The summed E-state index contributed by atoms with van der Waals surface area (Å²) >= 11 is 6.10. The predicted molar refractivity (Wildman–Crippen MR) is 103 cm³/mol. The van der Waals surface area contributed by atoms with Crippen molar-refractivity contribution in [3.8, 4) is 22.9 Å². The van der Waals surface area contributed by atoms with Crippen molar-refractivity contribution < 1.29 is 14.6 Å². The van der Waals surface area contributed by atoms with Crippen LogP contribution >= 0.6 is 11.6 Å². The zero-order chi connectivity index (χ0) is 19.9. The zero-order valence-electron chi connectivity index (χ0n) is 14.9. The lowest BCUT2D eigenvalue weighted by Gasteiger charge is -2.06. The van der Waals surface area contributed by atoms with Gasteiger partial charge in [-0.25, -0.2) is 5.43 Å². The van der Waals surface area contributed by atoms with Gasteiger partial charge in [-0.15, -0.1) is 10.2 Å². The maximum absolute atomic E-state index is 12.0. The number of carbonyl (C=O) groups excluding carboxylic acids is 1. The topological polar surface area (TPSA) is 115 Å². The predicted octanol–water partition coefficient (Wildman–Crippen LogP) is 2.25. The van der Waals surface area contributed by atoms with E-state index in [1.54, 1.807) is 30.3 Å². The Bertz CT molecular complexity index is 1000. The van der Waals surface area contributed by atoms with Crippen LogP contribution < -0.4 is 10.2 Å². The summed E-state index contributed by atoms with van der Waals surface area (Å²) in [4.78, 5) is 13.1. The summed E-state index contributed by atoms with van der Waals surface area (Å²) in [6.07, 6.45) is 1.43. The number of benzene rings is 2. The van der Waals surface area contributed by atoms with E-state index in [2.05, 4.69) is 25.9 Å². The van der Waals surface area contributed by atoms with Gasteiger partial charge >= 0.3 is 0 Å². The third-order valence-corrected chi connectivity index (χ3v) is 3.87. The van der Waals surface area contributed by atoms with E-state index < -0.39 is 5.91 Å². The second-order valence-corrected chi connectivity index (χ2v) is 5.98. The number of hydrogen-bond donors (Lipinski definition) is 2. The number of aromatic nitrogens is 4. The van der Waals surface area contributed by atoms with Crippen molar-refractivity contribution in [2.45, 2.75) is 13.5 Å². The lowest BCUT2D eigenvalue weighted by molar-refractivity contribution is -0.122. The second-order valence-electron chi connectivity index (χ2n) is 5.58. The summed E-state index contributed by atoms with van der Waals surface area (Å²) in [5, 5.41) is 25.9. The lowest BCUT2D eigenvalue weighted by Crippen LogP contribution is -2.24. The summed E-state index contributed by atoms with van der Waals surface area (Å²) in [6.45, 7) is 2.08. The van der Waals surface area contributed by atoms with Gasteiger partial charge in [-0.1, -0.05) is 23.7 Å². The fourth-order valence-corrected chi connectivity index (χ4v) is 2.51. The first-order chi connectivity index (χ1) is 13.6. The van der Waals surface area contributed by atoms with E-state index in [1.165, 1.54) is 12.3 Å². The Morgan fingerprint density at radius 2 is 2.18 bits per heavy atom. The molecule has 0 spiro atoms. The van der Waals surface area contributed by atoms with Crippen LogP contribution in [0.4, 0.5) is 0 Å². The molecule has 9 nitrogen and oxygen atoms in total. The van der Waals surface area contributed by atoms with Crippen LogP contribution in [0.5, 0.6) is 11.5 Å². The van der Waals surface area contributed by atoms with E-state index in [9.17, 15) is 9.90 Å². The van der Waals surface area contributed by atoms with Gasteiger partial charge in [-0.2, -0.15) is 9.90 Å². The molecule has 2 aromatic carbocycles. The van der Waals surface area contributed by atoms with Gasteiger partial charge in [-0.3, -0.25) is 4.79 Å². The Hall–Kier alpha value is -3.46. The molecule has 0 aliphatic carbocycles. The van der Waals surface area contributed by atoms with E-state index in [-0.39, 0.29) is 12.3 Å². The molecule has 2 N–H and O–H groups in total. The third kappa shape index (κ3) is 4.83. The molecule has 1 heterocycles. The first-order valence-electron chi connectivity index (χ1n) is 8.37. The van der Waals surface area contributed by atoms with E-state index in [1.807, 2.05) is 13.0 Å². The van der Waals surface area contributed by atoms with Crippen LogP contribution in [0.1, 0.15) is 12.5 Å². The molecule has 144 valence electrons. The fourth-order valence-electron chi connectivity index (χ4n) is 2.29. The number of nitrogens with zero attached hydrogens (tertiary/aromatic N) is 5. The molecule has 28 heavy (non-hydrogen) atoms. The summed E-state index contributed by atoms with van der Waals surface area (Å²) in [6, 6.07) is 11.8. The molecule has 0 radical (unpaired) electrons. The molecule has 1 aromatic heterocycles. The van der Waals surface area contributed by atoms with Gasteiger partial charge in [0.2, 0.25) is 5.82 Å². The summed E-state index contributed by atoms with van der Waals surface area (Å²) in [5.41, 5.74) is 3.66. The van der Waals surface area contributed by atoms with Crippen LogP contribution in [0.15, 0.2) is 47.6 Å². The molecule has 0 aliphatic heterocycles. The number of amides is 1. The first kappa shape index (κ1) is 19.3. The second kappa shape index (κ2) is 8.96. The van der Waals surface area contributed by atoms with Gasteiger partial charge in [0, 0.05) is 5.56 Å². The molecule has 3 rings (SSSR count). The Kier molecular flexibility index (Phi) is 6.18. The number of phenolic OH excluding ortho intramolecular Hbond substituents is 1. The van der Waals surface area contributed by atoms with Crippen LogP contribution in [-0.2, 0) is 11.3 Å². The summed E-state index contributed by atoms with van der Waals surface area (Å²) in [5.74, 6) is 0.281. The first-order valence-corrected chi connectivity index (χ1v) is 8.75. The number of phenols is 1. The third-order valence-electron chi connectivity index (χ3n) is 3.54. The number of carbonyl (C=O) groups is 1. The highest BCUT2D eigenvalue weighted by molar-refractivity contribution is 6.33. The van der Waals surface area contributed by atoms with Crippen LogP contribution in [0.3, 0.4) is 0 Å². The summed E-state index contributed by atoms with van der Waals surface area (Å²) in [7, 11) is 0. The molecular weight excluding hydrogens is 384 g/mol. The molecule has 0 saturated heterocycles. The van der Waals surface area contributed by atoms with Crippen LogP contribution in [-0.4, -0.2) is 44.0 Å². The number of aromatic hydroxyl groups is 1. The van der Waals surface area contributed by atoms with Gasteiger partial charge in [0.25, 0.3) is 5.91 Å². The number of ether oxygens (including phenoxy) is 1. The molecule has 0 unspecified atom stereocenters. The number of nitrogens with one attached hydrogen (secondary N) is 1. The normalized spacial score (nSPS) is 10.9. The minimum Gasteiger partial charge on any atom is -0.504 e. The van der Waals surface area contributed by atoms with Gasteiger partial charge in [0.05, 0.1) is 17.8 Å². The monoisotopic (exact) mass is 400 g/mol. The largest absolute Gasteiger partial charge is 0.504 e. The molecule has 0 fully saturated rings. The van der Waals surface area contributed by atoms with Crippen molar-refractivity contribution in [2.24, 2.45) is 5.10 Å². The maximum atomic E-state index is 12.0. The van der Waals surface area contributed by atoms with Crippen molar-refractivity contribution in [1.29, 1.82) is 0 Å². The lowest BCUT2D eigenvalue weighted by atomic mass is 10.2. The molecule has 10 heteroatoms. The SMILES string of the molecule is CCOc1cc(/C=N/NC(=O)Cn2nnc(-c3ccccc3Cl)n2)ccc1O. The molecule has 0 atom stereocenters. The fraction of sp³-hybridized carbons (Fsp3) is 0.167. The minimum absolute atomic E-state index is 0.0367. The van der Waals surface area contributed by atoms with Gasteiger partial charge in [0.15, 0.2) is 11.5 Å². The van der Waals surface area contributed by atoms with Gasteiger partial charge < -0.3 is 9.84 Å². The van der Waals surface area contributed by atoms with Gasteiger partial charge in [-0.05, 0) is 48.0 Å². The zero-order valence-corrected chi connectivity index (χ0v) is 15.7. The van der Waals surface area contributed by atoms with Crippen molar-refractivity contribution >= 4 is 23.7 Å². The van der Waals surface area contributed by atoms with Crippen molar-refractivity contribution in [3.05, 3.63) is 53.1 Å². The van der Waals surface area contributed by atoms with Crippen molar-refractivity contribution in [3.63, 3.8) is 0 Å². The number of halogens is 1. The highest BCUT2D eigenvalue weighted by atomic mass is 35.5. The number of hydrogen-bond acceptors (Lipinski definition) is 7. The van der Waals surface area contributed by atoms with E-state index in [4.69, 9.17) is 16.3 Å². The van der Waals surface area contributed by atoms with E-state index in [0.717, 1.165) is 4.80 Å². The number of hydrazone groups is 1. The molecular formula is C18H17ClN6O3. The Morgan fingerprint density at radius 3 is 2.96 bits per heavy atom. The highest BCUT2D eigenvalue weighted by Crippen LogP contribution is 2.26. The number of tetrazole rings is 1. The van der Waals surface area contributed by atoms with Crippen molar-refractivity contribution in [2.75, 3.05) is 6.61 Å². The summed E-state index contributed by atoms with van der Waals surface area (Å²) < 4.78 is 5.30. The van der Waals surface area contributed by atoms with Crippen LogP contribution in [0.25, 0.3) is 11.4 Å². The van der Waals surface area contributed by atoms with Gasteiger partial charge in [0.1, 0.15) is 6.54 Å². The molecule has 0 aliphatic rings. The highest BCUT2D eigenvalue weighted by Gasteiger charge is 2.11. The minimum atomic E-state index is -0.428. The van der Waals surface area contributed by atoms with E-state index in [0.29, 0.717) is 34.3 Å². The maximum Gasteiger partial charge on any atom is 0.263 e. The molecule has 0 saturated carbocycles. The molecule has 0 bridgehead atoms. The molecule has 3 aromatic rings. The van der Waals surface area contributed by atoms with Crippen molar-refractivity contribution in [1.82, 2.24) is 25.6 Å². The van der Waals surface area contributed by atoms with E-state index >= 15 is 0 Å². The Labute approximate surface area is 165 Å². The van der Waals surface area contributed by atoms with Crippen LogP contribution in [0.2, 0.25) is 5.02 Å². The standard InChI is InChI=1S/C18H17ClN6O3/c1-2-28-16-9-12(7-8-15(16)26)10-20-21-17(27)11-25-23-18(22-24-25)13-5-3-4-6-14(13)19/h3-10,26H,2,11H2,1H3,(H,21,27)/b20-10+. The quantitative estimate of drug-likeness (QED) is 0.464. The Morgan fingerprint density at radius 1 is 1.36 bits per heavy atom.